The van der Waals surface area contributed by atoms with Crippen LogP contribution in [-0.2, 0) is 9.53 Å². The number of rotatable bonds is 10. The Kier molecular flexibility index (Phi) is 9.58. The van der Waals surface area contributed by atoms with E-state index in [4.69, 9.17) is 31.5 Å². The summed E-state index contributed by atoms with van der Waals surface area (Å²) in [6.07, 6.45) is 0.599. The molecule has 9 heteroatoms. The average molecular weight is 415 g/mol. The molecular weight excluding hydrogens is 388 g/mol. The maximum absolute atomic E-state index is 12.6. The summed E-state index contributed by atoms with van der Waals surface area (Å²) in [5.41, 5.74) is 5.05. The molecule has 0 saturated heterocycles. The standard InChI is InChI=1S/C19H27ClN2O6/c1-5-7-8-27-16-13(20)9-12(10-14(16)26-6-2)18(24)28-15(11(3)4)17(23)22-19(21)25/h9-11,15H,5-8H2,1-4H3,(H3,21,22,23,25)/t15-/m0/s1. The third-order valence-electron chi connectivity index (χ3n) is 3.63. The van der Waals surface area contributed by atoms with Gasteiger partial charge < -0.3 is 19.9 Å². The molecule has 156 valence electrons. The number of carbonyl (C=O) groups is 3. The van der Waals surface area contributed by atoms with E-state index in [1.54, 1.807) is 20.8 Å². The Bertz CT molecular complexity index is 708. The van der Waals surface area contributed by atoms with Crippen molar-refractivity contribution in [3.63, 3.8) is 0 Å². The van der Waals surface area contributed by atoms with Gasteiger partial charge in [0.05, 0.1) is 23.8 Å². The molecule has 0 unspecified atom stereocenters. The molecule has 1 atom stereocenters. The van der Waals surface area contributed by atoms with Gasteiger partial charge in [-0.05, 0) is 31.4 Å². The lowest BCUT2D eigenvalue weighted by atomic mass is 10.1. The summed E-state index contributed by atoms with van der Waals surface area (Å²) in [5.74, 6) is -1.32. The van der Waals surface area contributed by atoms with E-state index in [-0.39, 0.29) is 16.5 Å². The lowest BCUT2D eigenvalue weighted by molar-refractivity contribution is -0.130. The summed E-state index contributed by atoms with van der Waals surface area (Å²) < 4.78 is 16.5. The molecule has 1 rings (SSSR count). The minimum atomic E-state index is -1.20. The van der Waals surface area contributed by atoms with Gasteiger partial charge in [0, 0.05) is 0 Å². The number of imide groups is 1. The average Bonchev–Trinajstić information content (AvgIpc) is 2.60. The normalized spacial score (nSPS) is 11.6. The SMILES string of the molecule is CCCCOc1c(Cl)cc(C(=O)O[C@H](C(=O)NC(N)=O)C(C)C)cc1OCC. The van der Waals surface area contributed by atoms with Crippen LogP contribution in [0.3, 0.4) is 0 Å². The summed E-state index contributed by atoms with van der Waals surface area (Å²) in [6.45, 7) is 7.96. The Hall–Kier alpha value is -2.48. The smallest absolute Gasteiger partial charge is 0.339 e. The minimum absolute atomic E-state index is 0.0915. The zero-order valence-electron chi connectivity index (χ0n) is 16.5. The Morgan fingerprint density at radius 3 is 2.39 bits per heavy atom. The van der Waals surface area contributed by atoms with Crippen LogP contribution in [0.15, 0.2) is 12.1 Å². The first-order valence-electron chi connectivity index (χ1n) is 9.11. The van der Waals surface area contributed by atoms with Gasteiger partial charge in [-0.2, -0.15) is 0 Å². The Morgan fingerprint density at radius 2 is 1.86 bits per heavy atom. The molecule has 0 saturated carbocycles. The predicted molar refractivity (Wildman–Crippen MR) is 105 cm³/mol. The highest BCUT2D eigenvalue weighted by Gasteiger charge is 2.28. The quantitative estimate of drug-likeness (QED) is 0.448. The molecule has 0 aliphatic carbocycles. The molecule has 28 heavy (non-hydrogen) atoms. The number of amides is 3. The monoisotopic (exact) mass is 414 g/mol. The molecule has 1 aromatic carbocycles. The number of carbonyl (C=O) groups excluding carboxylic acids is 3. The van der Waals surface area contributed by atoms with Crippen LogP contribution in [-0.4, -0.2) is 37.2 Å². The third-order valence-corrected chi connectivity index (χ3v) is 3.91. The first-order chi connectivity index (χ1) is 13.2. The van der Waals surface area contributed by atoms with Crippen LogP contribution in [0, 0.1) is 5.92 Å². The van der Waals surface area contributed by atoms with Crippen molar-refractivity contribution in [2.45, 2.75) is 46.6 Å². The van der Waals surface area contributed by atoms with E-state index in [2.05, 4.69) is 0 Å². The van der Waals surface area contributed by atoms with E-state index in [1.165, 1.54) is 12.1 Å². The molecule has 0 aliphatic rings. The van der Waals surface area contributed by atoms with Crippen LogP contribution in [0.25, 0.3) is 0 Å². The molecule has 0 aromatic heterocycles. The van der Waals surface area contributed by atoms with E-state index in [0.29, 0.717) is 24.7 Å². The van der Waals surface area contributed by atoms with E-state index in [1.807, 2.05) is 12.2 Å². The molecule has 0 fully saturated rings. The van der Waals surface area contributed by atoms with E-state index in [0.717, 1.165) is 12.8 Å². The number of esters is 1. The van der Waals surface area contributed by atoms with Crippen molar-refractivity contribution in [1.82, 2.24) is 5.32 Å². The van der Waals surface area contributed by atoms with Crippen molar-refractivity contribution in [3.05, 3.63) is 22.7 Å². The molecule has 0 heterocycles. The molecule has 1 aromatic rings. The Balaban J connectivity index is 3.08. The lowest BCUT2D eigenvalue weighted by Crippen LogP contribution is -2.45. The maximum atomic E-state index is 12.6. The number of unbranched alkanes of at least 4 members (excludes halogenated alkanes) is 1. The zero-order chi connectivity index (χ0) is 21.3. The first-order valence-corrected chi connectivity index (χ1v) is 9.49. The number of primary amides is 1. The van der Waals surface area contributed by atoms with Crippen molar-refractivity contribution < 1.29 is 28.6 Å². The molecule has 3 amide bonds. The number of halogens is 1. The summed E-state index contributed by atoms with van der Waals surface area (Å²) in [5, 5.41) is 2.11. The Morgan fingerprint density at radius 1 is 1.18 bits per heavy atom. The lowest BCUT2D eigenvalue weighted by Gasteiger charge is -2.20. The summed E-state index contributed by atoms with van der Waals surface area (Å²) >= 11 is 6.27. The van der Waals surface area contributed by atoms with Gasteiger partial charge in [0.2, 0.25) is 0 Å². The van der Waals surface area contributed by atoms with Crippen LogP contribution in [0.5, 0.6) is 11.5 Å². The number of benzene rings is 1. The van der Waals surface area contributed by atoms with Gasteiger partial charge >= 0.3 is 12.0 Å². The van der Waals surface area contributed by atoms with Gasteiger partial charge in [-0.15, -0.1) is 0 Å². The summed E-state index contributed by atoms with van der Waals surface area (Å²) in [7, 11) is 0. The van der Waals surface area contributed by atoms with E-state index < -0.39 is 24.0 Å². The second kappa shape index (κ2) is 11.4. The highest BCUT2D eigenvalue weighted by Crippen LogP contribution is 2.37. The van der Waals surface area contributed by atoms with Gasteiger partial charge in [0.15, 0.2) is 17.6 Å². The number of nitrogens with one attached hydrogen (secondary N) is 1. The fourth-order valence-electron chi connectivity index (χ4n) is 2.28. The number of urea groups is 1. The molecule has 0 spiro atoms. The molecule has 0 aliphatic heterocycles. The van der Waals surface area contributed by atoms with Crippen LogP contribution < -0.4 is 20.5 Å². The van der Waals surface area contributed by atoms with Crippen molar-refractivity contribution in [2.75, 3.05) is 13.2 Å². The number of hydrogen-bond acceptors (Lipinski definition) is 6. The van der Waals surface area contributed by atoms with Crippen LogP contribution >= 0.6 is 11.6 Å². The van der Waals surface area contributed by atoms with Crippen molar-refractivity contribution in [1.29, 1.82) is 0 Å². The second-order valence-electron chi connectivity index (χ2n) is 6.34. The fourth-order valence-corrected chi connectivity index (χ4v) is 2.54. The molecule has 8 nitrogen and oxygen atoms in total. The number of nitrogens with two attached hydrogens (primary N) is 1. The third kappa shape index (κ3) is 6.92. The number of ether oxygens (including phenoxy) is 3. The van der Waals surface area contributed by atoms with Gasteiger partial charge in [-0.3, -0.25) is 10.1 Å². The van der Waals surface area contributed by atoms with Gasteiger partial charge in [0.1, 0.15) is 0 Å². The van der Waals surface area contributed by atoms with Crippen molar-refractivity contribution in [3.8, 4) is 11.5 Å². The molecule has 3 N–H and O–H groups in total. The van der Waals surface area contributed by atoms with Crippen LogP contribution in [0.4, 0.5) is 4.79 Å². The van der Waals surface area contributed by atoms with Crippen LogP contribution in [0.2, 0.25) is 5.02 Å². The maximum Gasteiger partial charge on any atom is 0.339 e. The van der Waals surface area contributed by atoms with Gasteiger partial charge in [-0.25, -0.2) is 9.59 Å². The van der Waals surface area contributed by atoms with Crippen molar-refractivity contribution >= 4 is 29.5 Å². The molecule has 0 radical (unpaired) electrons. The molecular formula is C19H27ClN2O6. The molecule has 0 bridgehead atoms. The highest BCUT2D eigenvalue weighted by atomic mass is 35.5. The summed E-state index contributed by atoms with van der Waals surface area (Å²) in [4.78, 5) is 35.5. The topological polar surface area (TPSA) is 117 Å². The van der Waals surface area contributed by atoms with Gasteiger partial charge in [-0.1, -0.05) is 38.8 Å². The van der Waals surface area contributed by atoms with E-state index in [9.17, 15) is 14.4 Å². The van der Waals surface area contributed by atoms with E-state index >= 15 is 0 Å². The Labute approximate surface area is 169 Å². The van der Waals surface area contributed by atoms with Crippen LogP contribution in [0.1, 0.15) is 50.9 Å². The zero-order valence-corrected chi connectivity index (χ0v) is 17.3. The minimum Gasteiger partial charge on any atom is -0.490 e. The highest BCUT2D eigenvalue weighted by molar-refractivity contribution is 6.32. The number of hydrogen-bond donors (Lipinski definition) is 2. The summed E-state index contributed by atoms with van der Waals surface area (Å²) in [6, 6.07) is 1.81. The fraction of sp³-hybridized carbons (Fsp3) is 0.526. The van der Waals surface area contributed by atoms with Crippen molar-refractivity contribution in [2.24, 2.45) is 11.7 Å². The van der Waals surface area contributed by atoms with Gasteiger partial charge in [0.25, 0.3) is 5.91 Å². The first kappa shape index (κ1) is 23.6. The predicted octanol–water partition coefficient (Wildman–Crippen LogP) is 3.29. The second-order valence-corrected chi connectivity index (χ2v) is 6.75. The largest absolute Gasteiger partial charge is 0.490 e.